The minimum absolute atomic E-state index is 0.158. The Kier molecular flexibility index (Phi) is 3.71. The van der Waals surface area contributed by atoms with Crippen molar-refractivity contribution in [3.63, 3.8) is 0 Å². The van der Waals surface area contributed by atoms with Gasteiger partial charge in [-0.2, -0.15) is 0 Å². The molecule has 4 heteroatoms. The zero-order valence-electron chi connectivity index (χ0n) is 11.1. The summed E-state index contributed by atoms with van der Waals surface area (Å²) in [6, 6.07) is 5.05. The van der Waals surface area contributed by atoms with Crippen LogP contribution in [0.25, 0.3) is 0 Å². The predicted octanol–water partition coefficient (Wildman–Crippen LogP) is 2.28. The Morgan fingerprint density at radius 2 is 2.05 bits per heavy atom. The van der Waals surface area contributed by atoms with Crippen molar-refractivity contribution < 1.29 is 9.50 Å². The summed E-state index contributed by atoms with van der Waals surface area (Å²) in [5.74, 6) is 0.0858. The summed E-state index contributed by atoms with van der Waals surface area (Å²) < 4.78 is 13.6. The maximum Gasteiger partial charge on any atom is 0.165 e. The van der Waals surface area contributed by atoms with Crippen molar-refractivity contribution in [2.24, 2.45) is 5.92 Å². The third kappa shape index (κ3) is 2.90. The normalized spacial score (nSPS) is 22.4. The van der Waals surface area contributed by atoms with Gasteiger partial charge < -0.3 is 10.4 Å². The second kappa shape index (κ2) is 5.47. The first-order valence-electron chi connectivity index (χ1n) is 7.18. The number of rotatable bonds is 4. The van der Waals surface area contributed by atoms with Gasteiger partial charge in [-0.25, -0.2) is 4.39 Å². The monoisotopic (exact) mass is 264 g/mol. The lowest BCUT2D eigenvalue weighted by Crippen LogP contribution is -2.45. The molecule has 1 saturated carbocycles. The minimum Gasteiger partial charge on any atom is -0.505 e. The Morgan fingerprint density at radius 1 is 1.32 bits per heavy atom. The van der Waals surface area contributed by atoms with Gasteiger partial charge in [0.05, 0.1) is 0 Å². The first kappa shape index (κ1) is 12.9. The zero-order valence-corrected chi connectivity index (χ0v) is 11.1. The van der Waals surface area contributed by atoms with Gasteiger partial charge >= 0.3 is 0 Å². The van der Waals surface area contributed by atoms with E-state index in [1.54, 1.807) is 6.07 Å². The molecule has 104 valence electrons. The van der Waals surface area contributed by atoms with Gasteiger partial charge in [-0.05, 0) is 18.4 Å². The molecule has 0 aromatic heterocycles. The van der Waals surface area contributed by atoms with Crippen molar-refractivity contribution in [2.45, 2.75) is 25.3 Å². The molecule has 1 aromatic carbocycles. The van der Waals surface area contributed by atoms with Crippen molar-refractivity contribution >= 4 is 0 Å². The number of piperazine rings is 1. The van der Waals surface area contributed by atoms with Crippen molar-refractivity contribution in [1.29, 1.82) is 0 Å². The van der Waals surface area contributed by atoms with Gasteiger partial charge in [-0.1, -0.05) is 25.0 Å². The summed E-state index contributed by atoms with van der Waals surface area (Å²) in [4.78, 5) is 2.38. The molecule has 2 N–H and O–H groups in total. The number of aromatic hydroxyl groups is 1. The van der Waals surface area contributed by atoms with Gasteiger partial charge in [0, 0.05) is 37.8 Å². The smallest absolute Gasteiger partial charge is 0.165 e. The highest BCUT2D eigenvalue weighted by atomic mass is 19.1. The highest BCUT2D eigenvalue weighted by Gasteiger charge is 2.32. The van der Waals surface area contributed by atoms with Crippen LogP contribution < -0.4 is 5.32 Å². The Balaban J connectivity index is 1.86. The summed E-state index contributed by atoms with van der Waals surface area (Å²) in [6.45, 7) is 3.87. The Bertz CT molecular complexity index is 442. The minimum atomic E-state index is -0.506. The Hall–Kier alpha value is -1.13. The van der Waals surface area contributed by atoms with Crippen LogP contribution in [0.2, 0.25) is 0 Å². The lowest BCUT2D eigenvalue weighted by Gasteiger charge is -2.35. The van der Waals surface area contributed by atoms with E-state index in [2.05, 4.69) is 10.2 Å². The number of halogens is 1. The molecule has 1 aliphatic carbocycles. The number of para-hydroxylation sites is 1. The fraction of sp³-hybridized carbons (Fsp3) is 0.600. The number of hydrogen-bond donors (Lipinski definition) is 2. The summed E-state index contributed by atoms with van der Waals surface area (Å²) in [5.41, 5.74) is 0.758. The topological polar surface area (TPSA) is 35.5 Å². The van der Waals surface area contributed by atoms with Gasteiger partial charge in [0.25, 0.3) is 0 Å². The number of phenols is 1. The molecular weight excluding hydrogens is 243 g/mol. The second-order valence-corrected chi connectivity index (χ2v) is 5.66. The molecule has 2 aliphatic rings. The molecule has 1 atom stereocenters. The molecule has 3 rings (SSSR count). The van der Waals surface area contributed by atoms with Crippen LogP contribution in [0.15, 0.2) is 18.2 Å². The Labute approximate surface area is 113 Å². The van der Waals surface area contributed by atoms with Crippen molar-refractivity contribution in [3.05, 3.63) is 29.6 Å². The van der Waals surface area contributed by atoms with Crippen LogP contribution in [0.1, 0.15) is 30.9 Å². The molecule has 1 aliphatic heterocycles. The van der Waals surface area contributed by atoms with Crippen molar-refractivity contribution in [1.82, 2.24) is 10.2 Å². The lowest BCUT2D eigenvalue weighted by molar-refractivity contribution is 0.157. The van der Waals surface area contributed by atoms with Crippen LogP contribution in [-0.2, 0) is 0 Å². The van der Waals surface area contributed by atoms with E-state index in [0.29, 0.717) is 0 Å². The van der Waals surface area contributed by atoms with Gasteiger partial charge in [-0.3, -0.25) is 4.90 Å². The molecule has 3 nitrogen and oxygen atoms in total. The average molecular weight is 264 g/mol. The average Bonchev–Trinajstić information content (AvgIpc) is 3.25. The van der Waals surface area contributed by atoms with E-state index in [1.165, 1.54) is 18.9 Å². The number of nitrogens with zero attached hydrogens (tertiary/aromatic N) is 1. The molecule has 1 saturated heterocycles. The van der Waals surface area contributed by atoms with Crippen LogP contribution in [0, 0.1) is 11.7 Å². The van der Waals surface area contributed by atoms with Gasteiger partial charge in [0.2, 0.25) is 0 Å². The van der Waals surface area contributed by atoms with Crippen molar-refractivity contribution in [2.75, 3.05) is 26.2 Å². The largest absolute Gasteiger partial charge is 0.505 e. The molecule has 0 amide bonds. The quantitative estimate of drug-likeness (QED) is 0.875. The highest BCUT2D eigenvalue weighted by Crippen LogP contribution is 2.42. The van der Waals surface area contributed by atoms with Gasteiger partial charge in [-0.15, -0.1) is 0 Å². The predicted molar refractivity (Wildman–Crippen MR) is 72.6 cm³/mol. The molecule has 1 aromatic rings. The fourth-order valence-electron chi connectivity index (χ4n) is 2.94. The molecule has 0 bridgehead atoms. The zero-order chi connectivity index (χ0) is 13.2. The second-order valence-electron chi connectivity index (χ2n) is 5.66. The standard InChI is InChI=1S/C15H21FN2O/c16-13-3-1-2-12(15(13)19)14(10-11-4-5-11)18-8-6-17-7-9-18/h1-3,11,14,17,19H,4-10H2/t14-/m1/s1. The number of hydrogen-bond acceptors (Lipinski definition) is 3. The van der Waals surface area contributed by atoms with Crippen LogP contribution in [0.5, 0.6) is 5.75 Å². The van der Waals surface area contributed by atoms with Crippen LogP contribution in [0.4, 0.5) is 4.39 Å². The van der Waals surface area contributed by atoms with E-state index >= 15 is 0 Å². The summed E-state index contributed by atoms with van der Waals surface area (Å²) >= 11 is 0. The van der Waals surface area contributed by atoms with E-state index in [9.17, 15) is 9.50 Å². The first-order valence-corrected chi connectivity index (χ1v) is 7.18. The molecule has 2 fully saturated rings. The summed E-state index contributed by atoms with van der Waals surface area (Å²) in [6.07, 6.45) is 3.59. The fourth-order valence-corrected chi connectivity index (χ4v) is 2.94. The van der Waals surface area contributed by atoms with Crippen LogP contribution in [0.3, 0.4) is 0 Å². The number of nitrogens with one attached hydrogen (secondary N) is 1. The van der Waals surface area contributed by atoms with E-state index < -0.39 is 5.82 Å². The molecule has 1 heterocycles. The third-order valence-corrected chi connectivity index (χ3v) is 4.22. The van der Waals surface area contributed by atoms with E-state index in [1.807, 2.05) is 6.07 Å². The molecule has 0 unspecified atom stereocenters. The number of phenolic OH excluding ortho intramolecular Hbond substituents is 1. The van der Waals surface area contributed by atoms with E-state index in [0.717, 1.165) is 44.1 Å². The summed E-state index contributed by atoms with van der Waals surface area (Å²) in [5, 5.41) is 13.4. The highest BCUT2D eigenvalue weighted by molar-refractivity contribution is 5.36. The molecule has 0 spiro atoms. The van der Waals surface area contributed by atoms with E-state index in [4.69, 9.17) is 0 Å². The van der Waals surface area contributed by atoms with Crippen LogP contribution in [-0.4, -0.2) is 36.2 Å². The molecular formula is C15H21FN2O. The lowest BCUT2D eigenvalue weighted by atomic mass is 9.97. The first-order chi connectivity index (χ1) is 9.25. The maximum atomic E-state index is 13.6. The molecule has 0 radical (unpaired) electrons. The number of benzene rings is 1. The van der Waals surface area contributed by atoms with E-state index in [-0.39, 0.29) is 11.8 Å². The third-order valence-electron chi connectivity index (χ3n) is 4.22. The maximum absolute atomic E-state index is 13.6. The SMILES string of the molecule is Oc1c(F)cccc1[C@@H](CC1CC1)N1CCNCC1. The molecule has 19 heavy (non-hydrogen) atoms. The Morgan fingerprint density at radius 3 is 2.74 bits per heavy atom. The summed E-state index contributed by atoms with van der Waals surface area (Å²) in [7, 11) is 0. The van der Waals surface area contributed by atoms with Gasteiger partial charge in [0.15, 0.2) is 11.6 Å². The van der Waals surface area contributed by atoms with Gasteiger partial charge in [0.1, 0.15) is 0 Å². The van der Waals surface area contributed by atoms with Crippen molar-refractivity contribution in [3.8, 4) is 5.75 Å². The van der Waals surface area contributed by atoms with Crippen LogP contribution >= 0.6 is 0 Å².